The molecule has 0 saturated carbocycles. The summed E-state index contributed by atoms with van der Waals surface area (Å²) in [5.41, 5.74) is 2.13. The van der Waals surface area contributed by atoms with E-state index in [1.165, 1.54) is 5.69 Å². The molecule has 1 saturated heterocycles. The second kappa shape index (κ2) is 8.10. The predicted molar refractivity (Wildman–Crippen MR) is 121 cm³/mol. The number of likely N-dealkylation sites (tertiary alicyclic amines) is 1. The number of nitrogens with zero attached hydrogens (tertiary/aromatic N) is 4. The van der Waals surface area contributed by atoms with Gasteiger partial charge in [0.05, 0.1) is 11.4 Å². The van der Waals surface area contributed by atoms with Crippen LogP contribution < -0.4 is 9.64 Å². The van der Waals surface area contributed by atoms with Crippen molar-refractivity contribution in [2.45, 2.75) is 31.7 Å². The van der Waals surface area contributed by atoms with Crippen molar-refractivity contribution in [3.8, 4) is 11.6 Å². The van der Waals surface area contributed by atoms with Gasteiger partial charge in [0.25, 0.3) is 5.91 Å². The molecule has 0 bridgehead atoms. The highest BCUT2D eigenvalue weighted by Crippen LogP contribution is 2.47. The van der Waals surface area contributed by atoms with Crippen LogP contribution in [0.15, 0.2) is 67.0 Å². The molecular weight excluding hydrogens is 388 g/mol. The van der Waals surface area contributed by atoms with E-state index in [0.29, 0.717) is 6.54 Å². The number of carbonyl (C=O) groups is 1. The standard InChI is InChI=1S/C25H28N4O2/c1-2-3-16-29-21-11-7-14-26-24(21)28-15-8-12-22(28)25(29)13-17-27(19-25)23(30)18-31-20-9-5-4-6-10-20/h4-12,14-15H,2-3,13,16-19H2,1H3. The number of benzene rings is 1. The van der Waals surface area contributed by atoms with Gasteiger partial charge in [-0.3, -0.25) is 4.79 Å². The molecule has 31 heavy (non-hydrogen) atoms. The number of anilines is 1. The molecule has 160 valence electrons. The molecule has 4 heterocycles. The summed E-state index contributed by atoms with van der Waals surface area (Å²) in [6.07, 6.45) is 7.05. The van der Waals surface area contributed by atoms with Gasteiger partial charge in [-0.05, 0) is 49.2 Å². The monoisotopic (exact) mass is 416 g/mol. The van der Waals surface area contributed by atoms with Crippen molar-refractivity contribution in [2.24, 2.45) is 0 Å². The third kappa shape index (κ3) is 3.36. The first kappa shape index (κ1) is 19.7. The van der Waals surface area contributed by atoms with Crippen molar-refractivity contribution in [1.29, 1.82) is 0 Å². The Balaban J connectivity index is 1.43. The third-order valence-electron chi connectivity index (χ3n) is 6.47. The van der Waals surface area contributed by atoms with Gasteiger partial charge in [0, 0.05) is 32.0 Å². The lowest BCUT2D eigenvalue weighted by Gasteiger charge is -2.47. The summed E-state index contributed by atoms with van der Waals surface area (Å²) in [7, 11) is 0. The zero-order valence-corrected chi connectivity index (χ0v) is 17.9. The highest BCUT2D eigenvalue weighted by Gasteiger charge is 2.50. The lowest BCUT2D eigenvalue weighted by atomic mass is 9.88. The van der Waals surface area contributed by atoms with Gasteiger partial charge in [0.15, 0.2) is 12.4 Å². The molecule has 1 aromatic carbocycles. The van der Waals surface area contributed by atoms with Crippen molar-refractivity contribution < 1.29 is 9.53 Å². The van der Waals surface area contributed by atoms with Crippen molar-refractivity contribution >= 4 is 11.6 Å². The number of fused-ring (bicyclic) bond motifs is 4. The molecule has 1 amide bonds. The van der Waals surface area contributed by atoms with E-state index in [1.54, 1.807) is 0 Å². The van der Waals surface area contributed by atoms with E-state index < -0.39 is 0 Å². The molecule has 0 N–H and O–H groups in total. The molecule has 5 rings (SSSR count). The van der Waals surface area contributed by atoms with Gasteiger partial charge in [0.1, 0.15) is 11.3 Å². The molecule has 0 aliphatic carbocycles. The van der Waals surface area contributed by atoms with E-state index in [1.807, 2.05) is 47.5 Å². The first-order valence-electron chi connectivity index (χ1n) is 11.1. The van der Waals surface area contributed by atoms with Crippen molar-refractivity contribution in [1.82, 2.24) is 14.5 Å². The summed E-state index contributed by atoms with van der Waals surface area (Å²) in [5, 5.41) is 0. The first-order chi connectivity index (χ1) is 15.2. The number of hydrogen-bond donors (Lipinski definition) is 0. The predicted octanol–water partition coefficient (Wildman–Crippen LogP) is 4.00. The van der Waals surface area contributed by atoms with Gasteiger partial charge in [-0.15, -0.1) is 0 Å². The maximum absolute atomic E-state index is 13.0. The molecule has 1 unspecified atom stereocenters. The quantitative estimate of drug-likeness (QED) is 0.610. The van der Waals surface area contributed by atoms with Gasteiger partial charge in [-0.2, -0.15) is 0 Å². The fraction of sp³-hybridized carbons (Fsp3) is 0.360. The average molecular weight is 417 g/mol. The maximum atomic E-state index is 13.0. The zero-order chi connectivity index (χ0) is 21.3. The molecule has 2 aliphatic heterocycles. The van der Waals surface area contributed by atoms with E-state index in [0.717, 1.165) is 49.6 Å². The lowest BCUT2D eigenvalue weighted by molar-refractivity contribution is -0.132. The number of rotatable bonds is 6. The number of amides is 1. The number of para-hydroxylation sites is 1. The van der Waals surface area contributed by atoms with Crippen LogP contribution in [0.3, 0.4) is 0 Å². The average Bonchev–Trinajstić information content (AvgIpc) is 3.47. The van der Waals surface area contributed by atoms with E-state index in [2.05, 4.69) is 45.8 Å². The molecule has 2 aromatic heterocycles. The molecule has 1 fully saturated rings. The molecule has 1 spiro atoms. The largest absolute Gasteiger partial charge is 0.484 e. The summed E-state index contributed by atoms with van der Waals surface area (Å²) in [5.74, 6) is 1.73. The van der Waals surface area contributed by atoms with Crippen molar-refractivity contribution in [3.63, 3.8) is 0 Å². The fourth-order valence-electron chi connectivity index (χ4n) is 4.94. The second-order valence-electron chi connectivity index (χ2n) is 8.31. The van der Waals surface area contributed by atoms with Gasteiger partial charge in [0.2, 0.25) is 0 Å². The molecular formula is C25H28N4O2. The summed E-state index contributed by atoms with van der Waals surface area (Å²) >= 11 is 0. The van der Waals surface area contributed by atoms with Crippen LogP contribution in [0.4, 0.5) is 5.69 Å². The minimum absolute atomic E-state index is 0.0336. The van der Waals surface area contributed by atoms with Gasteiger partial charge < -0.3 is 19.1 Å². The highest BCUT2D eigenvalue weighted by molar-refractivity contribution is 5.79. The van der Waals surface area contributed by atoms with Gasteiger partial charge >= 0.3 is 0 Å². The number of hydrogen-bond acceptors (Lipinski definition) is 4. The van der Waals surface area contributed by atoms with Crippen LogP contribution in [0.5, 0.6) is 5.75 Å². The van der Waals surface area contributed by atoms with Gasteiger partial charge in [-0.1, -0.05) is 31.5 Å². The Hall–Kier alpha value is -3.28. The summed E-state index contributed by atoms with van der Waals surface area (Å²) in [6, 6.07) is 18.0. The van der Waals surface area contributed by atoms with Crippen LogP contribution in [0.2, 0.25) is 0 Å². The molecule has 3 aromatic rings. The normalized spacial score (nSPS) is 19.4. The Morgan fingerprint density at radius 1 is 1.13 bits per heavy atom. The Morgan fingerprint density at radius 3 is 2.84 bits per heavy atom. The number of aromatic nitrogens is 2. The summed E-state index contributed by atoms with van der Waals surface area (Å²) in [4.78, 5) is 22.2. The highest BCUT2D eigenvalue weighted by atomic mass is 16.5. The van der Waals surface area contributed by atoms with Crippen LogP contribution in [0.25, 0.3) is 5.82 Å². The fourth-order valence-corrected chi connectivity index (χ4v) is 4.94. The number of carbonyl (C=O) groups excluding carboxylic acids is 1. The van der Waals surface area contributed by atoms with Gasteiger partial charge in [-0.25, -0.2) is 4.98 Å². The molecule has 2 aliphatic rings. The lowest BCUT2D eigenvalue weighted by Crippen LogP contribution is -2.53. The zero-order valence-electron chi connectivity index (χ0n) is 17.9. The molecule has 0 radical (unpaired) electrons. The second-order valence-corrected chi connectivity index (χ2v) is 8.31. The van der Waals surface area contributed by atoms with E-state index in [9.17, 15) is 4.79 Å². The van der Waals surface area contributed by atoms with Crippen LogP contribution in [-0.4, -0.2) is 46.6 Å². The summed E-state index contributed by atoms with van der Waals surface area (Å²) in [6.45, 7) is 4.61. The van der Waals surface area contributed by atoms with E-state index in [-0.39, 0.29) is 18.1 Å². The smallest absolute Gasteiger partial charge is 0.260 e. The summed E-state index contributed by atoms with van der Waals surface area (Å²) < 4.78 is 7.94. The number of pyridine rings is 1. The van der Waals surface area contributed by atoms with Crippen molar-refractivity contribution in [2.75, 3.05) is 31.1 Å². The number of ether oxygens (including phenoxy) is 1. The Kier molecular flexibility index (Phi) is 5.14. The minimum atomic E-state index is -0.239. The maximum Gasteiger partial charge on any atom is 0.260 e. The van der Waals surface area contributed by atoms with E-state index in [4.69, 9.17) is 4.74 Å². The van der Waals surface area contributed by atoms with Crippen LogP contribution in [-0.2, 0) is 10.3 Å². The number of unbranched alkanes of at least 4 members (excludes halogenated alkanes) is 1. The van der Waals surface area contributed by atoms with E-state index >= 15 is 0 Å². The SMILES string of the molecule is CCCCN1c2cccnc2-n2cccc2C12CCN(C(=O)COc1ccccc1)C2. The van der Waals surface area contributed by atoms with Crippen LogP contribution >= 0.6 is 0 Å². The van der Waals surface area contributed by atoms with Crippen molar-refractivity contribution in [3.05, 3.63) is 72.7 Å². The molecule has 6 heteroatoms. The molecule has 6 nitrogen and oxygen atoms in total. The topological polar surface area (TPSA) is 50.6 Å². The first-order valence-corrected chi connectivity index (χ1v) is 11.1. The van der Waals surface area contributed by atoms with Crippen LogP contribution in [0, 0.1) is 0 Å². The minimum Gasteiger partial charge on any atom is -0.484 e. The Morgan fingerprint density at radius 2 is 2.00 bits per heavy atom. The molecule has 1 atom stereocenters. The Labute approximate surface area is 183 Å². The van der Waals surface area contributed by atoms with Crippen LogP contribution in [0.1, 0.15) is 31.9 Å². The Bertz CT molecular complexity index is 1060. The third-order valence-corrected chi connectivity index (χ3v) is 6.47.